The number of rotatable bonds is 4. The van der Waals surface area contributed by atoms with E-state index in [1.54, 1.807) is 17.0 Å². The van der Waals surface area contributed by atoms with Gasteiger partial charge in [0.15, 0.2) is 0 Å². The zero-order valence-electron chi connectivity index (χ0n) is 19.6. The molecule has 192 valence electrons. The van der Waals surface area contributed by atoms with Crippen molar-refractivity contribution in [3.8, 4) is 11.1 Å². The average Bonchev–Trinajstić information content (AvgIpc) is 3.18. The van der Waals surface area contributed by atoms with E-state index in [2.05, 4.69) is 4.90 Å². The predicted molar refractivity (Wildman–Crippen MR) is 134 cm³/mol. The van der Waals surface area contributed by atoms with Gasteiger partial charge in [0.05, 0.1) is 16.6 Å². The number of benzene rings is 3. The highest BCUT2D eigenvalue weighted by Crippen LogP contribution is 2.39. The van der Waals surface area contributed by atoms with E-state index in [0.717, 1.165) is 43.2 Å². The SMILES string of the molecule is O=C1OC2(CCN(Cc3cc(Cl)c(-c4ccc(F)cc4F)c(Cl)c3)CC2)CN1c1ccccc1.O=C=O. The Morgan fingerprint density at radius 1 is 0.946 bits per heavy atom. The van der Waals surface area contributed by atoms with E-state index in [1.165, 1.54) is 12.1 Å². The maximum absolute atomic E-state index is 14.3. The fourth-order valence-corrected chi connectivity index (χ4v) is 5.47. The minimum absolute atomic E-state index is 0.161. The molecule has 37 heavy (non-hydrogen) atoms. The summed E-state index contributed by atoms with van der Waals surface area (Å²) in [6.45, 7) is 2.65. The molecule has 0 atom stereocenters. The number of hydrogen-bond acceptors (Lipinski definition) is 5. The van der Waals surface area contributed by atoms with Crippen molar-refractivity contribution in [1.82, 2.24) is 4.90 Å². The van der Waals surface area contributed by atoms with Gasteiger partial charge in [-0.1, -0.05) is 41.4 Å². The van der Waals surface area contributed by atoms with Crippen molar-refractivity contribution in [3.05, 3.63) is 87.9 Å². The molecule has 5 rings (SSSR count). The smallest absolute Gasteiger partial charge is 0.415 e. The lowest BCUT2D eigenvalue weighted by Crippen LogP contribution is -2.46. The number of likely N-dealkylation sites (tertiary alicyclic amines) is 1. The molecule has 0 bridgehead atoms. The summed E-state index contributed by atoms with van der Waals surface area (Å²) in [7, 11) is 0. The van der Waals surface area contributed by atoms with Gasteiger partial charge < -0.3 is 4.74 Å². The molecule has 2 heterocycles. The minimum Gasteiger partial charge on any atom is -0.441 e. The maximum atomic E-state index is 14.3. The van der Waals surface area contributed by atoms with Crippen LogP contribution in [0.5, 0.6) is 0 Å². The molecule has 0 saturated carbocycles. The van der Waals surface area contributed by atoms with Crippen molar-refractivity contribution in [2.24, 2.45) is 0 Å². The van der Waals surface area contributed by atoms with Crippen LogP contribution in [0.15, 0.2) is 60.7 Å². The van der Waals surface area contributed by atoms with Crippen molar-refractivity contribution in [1.29, 1.82) is 0 Å². The molecule has 0 aliphatic carbocycles. The van der Waals surface area contributed by atoms with Gasteiger partial charge in [-0.2, -0.15) is 9.59 Å². The average molecular weight is 547 g/mol. The molecule has 0 unspecified atom stereocenters. The third-order valence-corrected chi connectivity index (χ3v) is 7.11. The number of para-hydroxylation sites is 1. The molecule has 0 radical (unpaired) electrons. The highest BCUT2D eigenvalue weighted by Gasteiger charge is 2.47. The third-order valence-electron chi connectivity index (χ3n) is 6.51. The zero-order valence-corrected chi connectivity index (χ0v) is 21.1. The fraction of sp³-hybridized carbons (Fsp3) is 0.259. The Labute approximate surface area is 222 Å². The largest absolute Gasteiger partial charge is 0.441 e. The molecule has 2 aliphatic rings. The number of nitrogens with zero attached hydrogens (tertiary/aromatic N) is 2. The molecule has 6 nitrogen and oxygen atoms in total. The predicted octanol–water partition coefficient (Wildman–Crippen LogP) is 6.35. The van der Waals surface area contributed by atoms with Gasteiger partial charge in [0.2, 0.25) is 0 Å². The second kappa shape index (κ2) is 11.4. The molecule has 2 aliphatic heterocycles. The first-order valence-electron chi connectivity index (χ1n) is 11.5. The summed E-state index contributed by atoms with van der Waals surface area (Å²) in [4.78, 5) is 32.7. The van der Waals surface area contributed by atoms with Crippen molar-refractivity contribution in [2.75, 3.05) is 24.5 Å². The van der Waals surface area contributed by atoms with Gasteiger partial charge in [-0.05, 0) is 42.0 Å². The lowest BCUT2D eigenvalue weighted by atomic mass is 9.91. The van der Waals surface area contributed by atoms with Crippen LogP contribution in [0, 0.1) is 11.6 Å². The third kappa shape index (κ3) is 6.00. The van der Waals surface area contributed by atoms with Crippen molar-refractivity contribution >= 4 is 41.1 Å². The van der Waals surface area contributed by atoms with Crippen molar-refractivity contribution in [3.63, 3.8) is 0 Å². The Hall–Kier alpha value is -3.29. The monoisotopic (exact) mass is 546 g/mol. The van der Waals surface area contributed by atoms with E-state index in [9.17, 15) is 13.6 Å². The normalized spacial score (nSPS) is 16.6. The summed E-state index contributed by atoms with van der Waals surface area (Å²) in [6.07, 6.45) is 1.40. The van der Waals surface area contributed by atoms with E-state index in [1.807, 2.05) is 30.3 Å². The molecule has 3 aromatic carbocycles. The number of ether oxygens (including phenoxy) is 1. The summed E-state index contributed by atoms with van der Waals surface area (Å²) in [5, 5.41) is 0.620. The topological polar surface area (TPSA) is 66.9 Å². The first-order valence-corrected chi connectivity index (χ1v) is 12.2. The summed E-state index contributed by atoms with van der Waals surface area (Å²) in [6, 6.07) is 16.4. The summed E-state index contributed by atoms with van der Waals surface area (Å²) < 4.78 is 33.4. The molecule has 3 aromatic rings. The Kier molecular flexibility index (Phi) is 8.25. The molecule has 1 spiro atoms. The standard InChI is InChI=1S/C26H22Cl2F2N2O2.CO2/c27-21-12-17(13-22(28)24(21)20-7-6-18(29)14-23(20)30)15-31-10-8-26(9-11-31)16-32(25(33)34-26)19-4-2-1-3-5-19;2-1-3/h1-7,12-14H,8-11,15-16H2;. The molecule has 1 amide bonds. The van der Waals surface area contributed by atoms with Gasteiger partial charge in [-0.3, -0.25) is 9.80 Å². The molecule has 2 saturated heterocycles. The van der Waals surface area contributed by atoms with Crippen LogP contribution < -0.4 is 4.90 Å². The van der Waals surface area contributed by atoms with Crippen LogP contribution in [0.25, 0.3) is 11.1 Å². The molecule has 2 fully saturated rings. The minimum atomic E-state index is -0.714. The van der Waals surface area contributed by atoms with Crippen LogP contribution in [-0.2, 0) is 20.9 Å². The summed E-state index contributed by atoms with van der Waals surface area (Å²) in [5.41, 5.74) is 1.76. The zero-order chi connectivity index (χ0) is 26.6. The number of anilines is 1. The second-order valence-electron chi connectivity index (χ2n) is 8.89. The van der Waals surface area contributed by atoms with Crippen molar-refractivity contribution < 1.29 is 27.9 Å². The quantitative estimate of drug-likeness (QED) is 0.381. The van der Waals surface area contributed by atoms with Gasteiger partial charge in [0.25, 0.3) is 0 Å². The number of carbonyl (C=O) groups excluding carboxylic acids is 3. The molecular formula is C27H22Cl2F2N2O4. The lowest BCUT2D eigenvalue weighted by Gasteiger charge is -2.37. The summed E-state index contributed by atoms with van der Waals surface area (Å²) in [5.74, 6) is -1.37. The number of hydrogen-bond donors (Lipinski definition) is 0. The van der Waals surface area contributed by atoms with Crippen LogP contribution in [0.3, 0.4) is 0 Å². The van der Waals surface area contributed by atoms with Crippen LogP contribution in [0.4, 0.5) is 19.3 Å². The first kappa shape index (κ1) is 26.8. The Bertz CT molecular complexity index is 1300. The number of piperidine rings is 1. The molecule has 0 N–H and O–H groups in total. The molecule has 0 aromatic heterocycles. The van der Waals surface area contributed by atoms with Crippen LogP contribution in [-0.4, -0.2) is 42.4 Å². The summed E-state index contributed by atoms with van der Waals surface area (Å²) >= 11 is 12.9. The van der Waals surface area contributed by atoms with Crippen LogP contribution in [0.2, 0.25) is 10.0 Å². The first-order chi connectivity index (χ1) is 17.7. The van der Waals surface area contributed by atoms with Gasteiger partial charge in [0.1, 0.15) is 17.2 Å². The van der Waals surface area contributed by atoms with E-state index in [0.29, 0.717) is 28.7 Å². The Morgan fingerprint density at radius 2 is 1.57 bits per heavy atom. The van der Waals surface area contributed by atoms with Crippen molar-refractivity contribution in [2.45, 2.75) is 25.0 Å². The highest BCUT2D eigenvalue weighted by molar-refractivity contribution is 6.39. The Balaban J connectivity index is 0.00000102. The molecule has 10 heteroatoms. The van der Waals surface area contributed by atoms with E-state index in [4.69, 9.17) is 37.5 Å². The lowest BCUT2D eigenvalue weighted by molar-refractivity contribution is -0.191. The van der Waals surface area contributed by atoms with E-state index < -0.39 is 17.2 Å². The van der Waals surface area contributed by atoms with Crippen LogP contribution >= 0.6 is 23.2 Å². The number of halogens is 4. The van der Waals surface area contributed by atoms with Gasteiger partial charge in [-0.25, -0.2) is 13.6 Å². The van der Waals surface area contributed by atoms with E-state index >= 15 is 0 Å². The second-order valence-corrected chi connectivity index (χ2v) is 9.71. The van der Waals surface area contributed by atoms with Gasteiger partial charge in [0, 0.05) is 55.4 Å². The fourth-order valence-electron chi connectivity index (χ4n) is 4.73. The van der Waals surface area contributed by atoms with Gasteiger partial charge in [-0.15, -0.1) is 0 Å². The van der Waals surface area contributed by atoms with Gasteiger partial charge >= 0.3 is 12.2 Å². The van der Waals surface area contributed by atoms with E-state index in [-0.39, 0.29) is 17.8 Å². The molecular weight excluding hydrogens is 525 g/mol. The highest BCUT2D eigenvalue weighted by atomic mass is 35.5. The van der Waals surface area contributed by atoms with Crippen LogP contribution in [0.1, 0.15) is 18.4 Å². The number of carbonyl (C=O) groups is 1. The Morgan fingerprint density at radius 3 is 2.16 bits per heavy atom. The number of amides is 1. The maximum Gasteiger partial charge on any atom is 0.415 e.